The van der Waals surface area contributed by atoms with Crippen LogP contribution in [0.1, 0.15) is 17.8 Å². The fourth-order valence-corrected chi connectivity index (χ4v) is 4.72. The first-order valence-electron chi connectivity index (χ1n) is 10.9. The van der Waals surface area contributed by atoms with Crippen LogP contribution in [0.3, 0.4) is 0 Å². The Morgan fingerprint density at radius 1 is 1.10 bits per heavy atom. The molecular weight excluding hydrogens is 392 g/mol. The van der Waals surface area contributed by atoms with Crippen molar-refractivity contribution in [3.63, 3.8) is 0 Å². The maximum atomic E-state index is 6.26. The molecule has 0 aliphatic carbocycles. The van der Waals surface area contributed by atoms with Gasteiger partial charge in [-0.2, -0.15) is 4.98 Å². The Hall–Kier alpha value is -2.90. The lowest BCUT2D eigenvalue weighted by molar-refractivity contribution is 0.196. The van der Waals surface area contributed by atoms with Gasteiger partial charge in [0.2, 0.25) is 0 Å². The zero-order valence-corrected chi connectivity index (χ0v) is 18.4. The maximum absolute atomic E-state index is 6.26. The highest BCUT2D eigenvalue weighted by Crippen LogP contribution is 2.47. The highest BCUT2D eigenvalue weighted by molar-refractivity contribution is 5.71. The van der Waals surface area contributed by atoms with Crippen molar-refractivity contribution in [3.05, 3.63) is 47.8 Å². The average Bonchev–Trinajstić information content (AvgIpc) is 3.25. The molecule has 31 heavy (non-hydrogen) atoms. The minimum absolute atomic E-state index is 0.552. The van der Waals surface area contributed by atoms with Crippen LogP contribution in [0.2, 0.25) is 0 Å². The van der Waals surface area contributed by atoms with Gasteiger partial charge in [0.1, 0.15) is 24.5 Å². The van der Waals surface area contributed by atoms with E-state index in [-0.39, 0.29) is 0 Å². The minimum Gasteiger partial charge on any atom is -0.497 e. The number of aromatic nitrogens is 2. The van der Waals surface area contributed by atoms with Crippen LogP contribution in [0.25, 0.3) is 11.5 Å². The van der Waals surface area contributed by atoms with Gasteiger partial charge in [0.05, 0.1) is 13.7 Å². The molecule has 0 atom stereocenters. The molecule has 0 unspecified atom stereocenters. The first-order chi connectivity index (χ1) is 15.1. The molecule has 1 saturated heterocycles. The molecule has 0 bridgehead atoms. The van der Waals surface area contributed by atoms with Crippen molar-refractivity contribution < 1.29 is 14.0 Å². The lowest BCUT2D eigenvalue weighted by Gasteiger charge is -2.44. The van der Waals surface area contributed by atoms with Crippen LogP contribution in [-0.2, 0) is 6.42 Å². The van der Waals surface area contributed by atoms with Crippen molar-refractivity contribution in [1.29, 1.82) is 0 Å². The Morgan fingerprint density at radius 3 is 2.55 bits per heavy atom. The summed E-state index contributed by atoms with van der Waals surface area (Å²) in [5, 5.41) is 3.92. The van der Waals surface area contributed by atoms with Crippen LogP contribution in [0.15, 0.2) is 40.9 Å². The Balaban J connectivity index is 1.63. The van der Waals surface area contributed by atoms with Gasteiger partial charge in [-0.15, -0.1) is 0 Å². The number of nitrogens with zero attached hydrogens (tertiary/aromatic N) is 4. The monoisotopic (exact) mass is 421 g/mol. The fraction of sp³-hybridized carbons (Fsp3) is 0.417. The van der Waals surface area contributed by atoms with Crippen LogP contribution in [0, 0.1) is 6.92 Å². The summed E-state index contributed by atoms with van der Waals surface area (Å²) in [6.45, 7) is 6.56. The molecule has 162 valence electrons. The number of hydrogen-bond acceptors (Lipinski definition) is 6. The molecule has 0 saturated carbocycles. The molecular formula is C24H29N4O3+. The second kappa shape index (κ2) is 7.98. The number of hydrogen-bond donors (Lipinski definition) is 0. The van der Waals surface area contributed by atoms with Crippen LogP contribution in [0.5, 0.6) is 11.5 Å². The van der Waals surface area contributed by atoms with E-state index in [9.17, 15) is 0 Å². The third-order valence-corrected chi connectivity index (χ3v) is 6.52. The summed E-state index contributed by atoms with van der Waals surface area (Å²) >= 11 is 0. The van der Waals surface area contributed by atoms with Crippen molar-refractivity contribution in [2.24, 2.45) is 0 Å². The number of likely N-dealkylation sites (N-methyl/N-ethyl adjacent to an activating group) is 1. The topological polar surface area (TPSA) is 60.6 Å². The molecule has 0 amide bonds. The average molecular weight is 422 g/mol. The lowest BCUT2D eigenvalue weighted by Crippen LogP contribution is -2.57. The summed E-state index contributed by atoms with van der Waals surface area (Å²) in [6, 6.07) is 12.8. The largest absolute Gasteiger partial charge is 0.497 e. The third-order valence-electron chi connectivity index (χ3n) is 6.52. The zero-order chi connectivity index (χ0) is 21.4. The number of fused-ring (bicyclic) bond motifs is 1. The zero-order valence-electron chi connectivity index (χ0n) is 18.4. The Bertz CT molecular complexity index is 1070. The van der Waals surface area contributed by atoms with Crippen molar-refractivity contribution in [2.75, 3.05) is 46.9 Å². The summed E-state index contributed by atoms with van der Waals surface area (Å²) in [5.74, 6) is 3.12. The number of quaternary nitrogens is 1. The van der Waals surface area contributed by atoms with Crippen molar-refractivity contribution in [3.8, 4) is 23.0 Å². The van der Waals surface area contributed by atoms with E-state index in [2.05, 4.69) is 58.5 Å². The SMILES string of the molecule is COc1cc2c(c([N+]3(c4ccc(-c5nc(C)no5)cc4)CCN(C)CC3)c1)OCCC2. The minimum atomic E-state index is 0.552. The summed E-state index contributed by atoms with van der Waals surface area (Å²) in [7, 11) is 3.93. The molecule has 0 radical (unpaired) electrons. The molecule has 2 aromatic carbocycles. The van der Waals surface area contributed by atoms with Gasteiger partial charge < -0.3 is 14.0 Å². The number of ether oxygens (including phenoxy) is 2. The second-order valence-electron chi connectivity index (χ2n) is 8.50. The van der Waals surface area contributed by atoms with E-state index in [1.54, 1.807) is 7.11 Å². The standard InChI is InChI=1S/C24H29N4O3/c1-17-25-24(31-26-17)18-6-8-20(9-7-18)28(12-10-27(2)11-13-28)22-16-21(29-3)15-19-5-4-14-30-23(19)22/h6-9,15-16H,4-5,10-14H2,1-3H3/q+1. The number of rotatable bonds is 4. The predicted molar refractivity (Wildman–Crippen MR) is 120 cm³/mol. The molecule has 1 fully saturated rings. The van der Waals surface area contributed by atoms with Gasteiger partial charge in [0, 0.05) is 42.4 Å². The molecule has 2 aliphatic heterocycles. The molecule has 1 aromatic heterocycles. The van der Waals surface area contributed by atoms with Gasteiger partial charge >= 0.3 is 0 Å². The van der Waals surface area contributed by atoms with Crippen LogP contribution >= 0.6 is 0 Å². The van der Waals surface area contributed by atoms with Gasteiger partial charge in [0.25, 0.3) is 5.89 Å². The maximum Gasteiger partial charge on any atom is 0.257 e. The second-order valence-corrected chi connectivity index (χ2v) is 8.50. The summed E-state index contributed by atoms with van der Waals surface area (Å²) < 4.78 is 18.0. The lowest BCUT2D eigenvalue weighted by atomic mass is 10.0. The number of piperazine rings is 1. The van der Waals surface area contributed by atoms with E-state index in [1.807, 2.05) is 6.92 Å². The predicted octanol–water partition coefficient (Wildman–Crippen LogP) is 3.96. The van der Waals surface area contributed by atoms with E-state index in [4.69, 9.17) is 14.0 Å². The Morgan fingerprint density at radius 2 is 1.87 bits per heavy atom. The molecule has 0 spiro atoms. The number of aryl methyl sites for hydroxylation is 2. The first-order valence-corrected chi connectivity index (χ1v) is 10.9. The van der Waals surface area contributed by atoms with Gasteiger partial charge in [0.15, 0.2) is 17.3 Å². The number of methoxy groups -OCH3 is 1. The Kier molecular flexibility index (Phi) is 5.16. The molecule has 7 heteroatoms. The van der Waals surface area contributed by atoms with Crippen molar-refractivity contribution >= 4 is 11.4 Å². The third kappa shape index (κ3) is 3.58. The smallest absolute Gasteiger partial charge is 0.257 e. The first kappa shape index (κ1) is 20.0. The molecule has 3 heterocycles. The summed E-state index contributed by atoms with van der Waals surface area (Å²) in [6.07, 6.45) is 2.07. The van der Waals surface area contributed by atoms with E-state index < -0.39 is 0 Å². The highest BCUT2D eigenvalue weighted by atomic mass is 16.5. The van der Waals surface area contributed by atoms with Crippen molar-refractivity contribution in [2.45, 2.75) is 19.8 Å². The van der Waals surface area contributed by atoms with E-state index in [0.717, 1.165) is 67.2 Å². The molecule has 7 nitrogen and oxygen atoms in total. The fourth-order valence-electron chi connectivity index (χ4n) is 4.72. The van der Waals surface area contributed by atoms with E-state index >= 15 is 0 Å². The quantitative estimate of drug-likeness (QED) is 0.594. The molecule has 2 aliphatic rings. The normalized spacial score (nSPS) is 18.3. The molecule has 0 N–H and O–H groups in total. The van der Waals surface area contributed by atoms with Crippen LogP contribution < -0.4 is 14.0 Å². The van der Waals surface area contributed by atoms with Gasteiger partial charge in [-0.25, -0.2) is 0 Å². The number of benzene rings is 2. The van der Waals surface area contributed by atoms with Gasteiger partial charge in [-0.1, -0.05) is 5.16 Å². The van der Waals surface area contributed by atoms with E-state index in [0.29, 0.717) is 11.7 Å². The van der Waals surface area contributed by atoms with Crippen molar-refractivity contribution in [1.82, 2.24) is 19.5 Å². The summed E-state index contributed by atoms with van der Waals surface area (Å²) in [5.41, 5.74) is 4.61. The van der Waals surface area contributed by atoms with Gasteiger partial charge in [-0.05, 0) is 45.0 Å². The van der Waals surface area contributed by atoms with Crippen LogP contribution in [-0.4, -0.2) is 62.0 Å². The van der Waals surface area contributed by atoms with E-state index in [1.165, 1.54) is 16.9 Å². The van der Waals surface area contributed by atoms with Crippen LogP contribution in [0.4, 0.5) is 11.4 Å². The Labute approximate surface area is 182 Å². The molecule has 3 aromatic rings. The van der Waals surface area contributed by atoms with Gasteiger partial charge in [-0.3, -0.25) is 9.38 Å². The molecule has 5 rings (SSSR count). The highest BCUT2D eigenvalue weighted by Gasteiger charge is 2.41. The summed E-state index contributed by atoms with van der Waals surface area (Å²) in [4.78, 5) is 6.75.